The number of carbonyl (C=O) groups is 1. The molecule has 2 atom stereocenters. The Kier molecular flexibility index (Phi) is 7.52. The van der Waals surface area contributed by atoms with Gasteiger partial charge in [-0.05, 0) is 54.3 Å². The molecule has 0 radical (unpaired) electrons. The maximum atomic E-state index is 13.0. The first kappa shape index (κ1) is 24.2. The number of benzene rings is 2. The molecule has 1 saturated heterocycles. The largest absolute Gasteiger partial charge is 0.356 e. The number of carbonyl (C=O) groups excluding carboxylic acids is 1. The van der Waals surface area contributed by atoms with E-state index in [-0.39, 0.29) is 11.3 Å². The van der Waals surface area contributed by atoms with Crippen LogP contribution in [0.3, 0.4) is 0 Å². The van der Waals surface area contributed by atoms with Crippen LogP contribution in [0.15, 0.2) is 65.2 Å². The minimum atomic E-state index is 0.126. The number of amides is 1. The van der Waals surface area contributed by atoms with Crippen LogP contribution >= 0.6 is 0 Å². The van der Waals surface area contributed by atoms with Crippen molar-refractivity contribution in [3.05, 3.63) is 77.5 Å². The lowest BCUT2D eigenvalue weighted by atomic mass is 9.81. The maximum Gasteiger partial charge on any atom is 0.222 e. The Labute approximate surface area is 203 Å². The molecule has 2 aromatic carbocycles. The fourth-order valence-electron chi connectivity index (χ4n) is 4.76. The zero-order valence-corrected chi connectivity index (χ0v) is 20.9. The average molecular weight is 460 g/mol. The molecule has 1 N–H and O–H groups in total. The van der Waals surface area contributed by atoms with Crippen LogP contribution in [0.1, 0.15) is 50.4 Å². The number of nitrogens with zero attached hydrogens (tertiary/aromatic N) is 2. The molecule has 2 unspecified atom stereocenters. The highest BCUT2D eigenvalue weighted by molar-refractivity contribution is 5.76. The number of aromatic nitrogens is 1. The summed E-state index contributed by atoms with van der Waals surface area (Å²) < 4.78 is 5.69. The zero-order valence-electron chi connectivity index (χ0n) is 20.9. The summed E-state index contributed by atoms with van der Waals surface area (Å²) in [5.41, 5.74) is 4.59. The molecule has 0 aliphatic carbocycles. The predicted octanol–water partition coefficient (Wildman–Crippen LogP) is 5.46. The van der Waals surface area contributed by atoms with Crippen molar-refractivity contribution in [1.29, 1.82) is 0 Å². The lowest BCUT2D eigenvalue weighted by Gasteiger charge is -2.32. The molecule has 5 heteroatoms. The molecule has 2 heterocycles. The van der Waals surface area contributed by atoms with Gasteiger partial charge < -0.3 is 14.7 Å². The third-order valence-electron chi connectivity index (χ3n) is 6.96. The van der Waals surface area contributed by atoms with E-state index in [1.54, 1.807) is 0 Å². The van der Waals surface area contributed by atoms with Crippen LogP contribution in [-0.4, -0.2) is 36.1 Å². The topological polar surface area (TPSA) is 58.4 Å². The molecular weight excluding hydrogens is 422 g/mol. The lowest BCUT2D eigenvalue weighted by Crippen LogP contribution is -2.40. The number of piperidine rings is 1. The second kappa shape index (κ2) is 10.6. The van der Waals surface area contributed by atoms with Crippen LogP contribution in [0.25, 0.3) is 11.3 Å². The van der Waals surface area contributed by atoms with E-state index < -0.39 is 0 Å². The molecule has 4 rings (SSSR count). The second-order valence-corrected chi connectivity index (χ2v) is 10.7. The molecule has 1 aliphatic heterocycles. The van der Waals surface area contributed by atoms with Crippen molar-refractivity contribution in [2.75, 3.05) is 20.1 Å². The third kappa shape index (κ3) is 6.15. The summed E-state index contributed by atoms with van der Waals surface area (Å²) in [7, 11) is 1.90. The smallest absolute Gasteiger partial charge is 0.222 e. The van der Waals surface area contributed by atoms with E-state index >= 15 is 0 Å². The lowest BCUT2D eigenvalue weighted by molar-refractivity contribution is -0.132. The molecule has 0 bridgehead atoms. The zero-order chi connectivity index (χ0) is 24.1. The number of hydrogen-bond donors (Lipinski definition) is 1. The minimum absolute atomic E-state index is 0.126. The van der Waals surface area contributed by atoms with Crippen molar-refractivity contribution in [2.45, 2.75) is 52.0 Å². The van der Waals surface area contributed by atoms with Crippen molar-refractivity contribution >= 4 is 5.91 Å². The highest BCUT2D eigenvalue weighted by Gasteiger charge is 2.29. The van der Waals surface area contributed by atoms with Gasteiger partial charge in [-0.3, -0.25) is 4.79 Å². The molecule has 1 amide bonds. The van der Waals surface area contributed by atoms with Gasteiger partial charge >= 0.3 is 0 Å². The van der Waals surface area contributed by atoms with Gasteiger partial charge in [0.25, 0.3) is 0 Å². The van der Waals surface area contributed by atoms with E-state index in [1.807, 2.05) is 30.1 Å². The molecule has 3 aromatic rings. The highest BCUT2D eigenvalue weighted by Crippen LogP contribution is 2.30. The quantitative estimate of drug-likeness (QED) is 0.510. The van der Waals surface area contributed by atoms with E-state index in [0.29, 0.717) is 24.8 Å². The molecule has 5 nitrogen and oxygen atoms in total. The maximum absolute atomic E-state index is 13.0. The summed E-state index contributed by atoms with van der Waals surface area (Å²) in [6, 6.07) is 20.8. The van der Waals surface area contributed by atoms with Gasteiger partial charge in [-0.2, -0.15) is 0 Å². The first-order chi connectivity index (χ1) is 16.3. The normalized spacial score (nSPS) is 18.6. The molecule has 1 aliphatic rings. The van der Waals surface area contributed by atoms with Gasteiger partial charge in [0.1, 0.15) is 0 Å². The van der Waals surface area contributed by atoms with E-state index in [1.165, 1.54) is 5.56 Å². The first-order valence-electron chi connectivity index (χ1n) is 12.3. The molecule has 0 saturated carbocycles. The molecule has 0 spiro atoms. The Bertz CT molecular complexity index is 1070. The monoisotopic (exact) mass is 459 g/mol. The number of hydrogen-bond acceptors (Lipinski definition) is 4. The van der Waals surface area contributed by atoms with Crippen molar-refractivity contribution in [3.63, 3.8) is 0 Å². The Balaban J connectivity index is 1.38. The van der Waals surface area contributed by atoms with Gasteiger partial charge in [0.15, 0.2) is 5.76 Å². The Hall–Kier alpha value is -2.92. The van der Waals surface area contributed by atoms with E-state index in [2.05, 4.69) is 73.7 Å². The van der Waals surface area contributed by atoms with Gasteiger partial charge in [0.2, 0.25) is 5.91 Å². The average Bonchev–Trinajstić information content (AvgIpc) is 3.29. The Morgan fingerprint density at radius 1 is 1.09 bits per heavy atom. The molecule has 1 fully saturated rings. The van der Waals surface area contributed by atoms with E-state index in [0.717, 1.165) is 48.5 Å². The van der Waals surface area contributed by atoms with Crippen molar-refractivity contribution in [1.82, 2.24) is 15.4 Å². The fraction of sp³-hybridized carbons (Fsp3) is 0.448. The third-order valence-corrected chi connectivity index (χ3v) is 6.96. The van der Waals surface area contributed by atoms with Gasteiger partial charge in [-0.1, -0.05) is 80.5 Å². The summed E-state index contributed by atoms with van der Waals surface area (Å²) in [4.78, 5) is 14.8. The van der Waals surface area contributed by atoms with E-state index in [9.17, 15) is 4.79 Å². The van der Waals surface area contributed by atoms with Gasteiger partial charge in [0, 0.05) is 31.6 Å². The summed E-state index contributed by atoms with van der Waals surface area (Å²) in [5, 5.41) is 7.87. The van der Waals surface area contributed by atoms with Crippen LogP contribution < -0.4 is 5.32 Å². The summed E-state index contributed by atoms with van der Waals surface area (Å²) >= 11 is 0. The summed E-state index contributed by atoms with van der Waals surface area (Å²) in [6.07, 6.45) is 2.40. The van der Waals surface area contributed by atoms with Crippen molar-refractivity contribution < 1.29 is 9.32 Å². The Morgan fingerprint density at radius 2 is 1.82 bits per heavy atom. The van der Waals surface area contributed by atoms with Crippen molar-refractivity contribution in [3.8, 4) is 11.3 Å². The fourth-order valence-corrected chi connectivity index (χ4v) is 4.76. The summed E-state index contributed by atoms with van der Waals surface area (Å²) in [5.74, 6) is 1.72. The minimum Gasteiger partial charge on any atom is -0.356 e. The molecule has 1 aromatic heterocycles. The van der Waals surface area contributed by atoms with Crippen LogP contribution in [-0.2, 0) is 23.2 Å². The van der Waals surface area contributed by atoms with Crippen LogP contribution in [0, 0.1) is 11.8 Å². The molecular formula is C29H37N3O2. The van der Waals surface area contributed by atoms with E-state index in [4.69, 9.17) is 4.52 Å². The number of rotatable bonds is 7. The van der Waals surface area contributed by atoms with Gasteiger partial charge in [-0.15, -0.1) is 0 Å². The highest BCUT2D eigenvalue weighted by atomic mass is 16.5. The predicted molar refractivity (Wildman–Crippen MR) is 136 cm³/mol. The van der Waals surface area contributed by atoms with Crippen LogP contribution in [0.4, 0.5) is 0 Å². The molecule has 34 heavy (non-hydrogen) atoms. The van der Waals surface area contributed by atoms with Crippen LogP contribution in [0.5, 0.6) is 0 Å². The van der Waals surface area contributed by atoms with Gasteiger partial charge in [-0.25, -0.2) is 0 Å². The standard InChI is InChI=1S/C29H37N3O2/c1-29(2,3)25-12-10-22(11-13-25)27-18-26(31-34-27)16-24-19-30-15-14-23(24)17-28(33)32(4)20-21-8-6-5-7-9-21/h5-13,18,23-24,30H,14-17,19-20H2,1-4H3. The Morgan fingerprint density at radius 3 is 2.53 bits per heavy atom. The first-order valence-corrected chi connectivity index (χ1v) is 12.3. The van der Waals surface area contributed by atoms with Crippen molar-refractivity contribution in [2.24, 2.45) is 11.8 Å². The van der Waals surface area contributed by atoms with Gasteiger partial charge in [0.05, 0.1) is 5.69 Å². The molecule has 180 valence electrons. The number of nitrogens with one attached hydrogen (secondary N) is 1. The SMILES string of the molecule is CN(Cc1ccccc1)C(=O)CC1CCNCC1Cc1cc(-c2ccc(C(C)(C)C)cc2)on1. The second-order valence-electron chi connectivity index (χ2n) is 10.7. The summed E-state index contributed by atoms with van der Waals surface area (Å²) in [6.45, 7) is 9.16. The van der Waals surface area contributed by atoms with Crippen LogP contribution in [0.2, 0.25) is 0 Å².